The van der Waals surface area contributed by atoms with Crippen LogP contribution in [0, 0.1) is 10.1 Å². The van der Waals surface area contributed by atoms with Gasteiger partial charge in [-0.3, -0.25) is 14.8 Å². The van der Waals surface area contributed by atoms with Gasteiger partial charge in [-0.25, -0.2) is 0 Å². The van der Waals surface area contributed by atoms with Gasteiger partial charge in [0.05, 0.1) is 15.6 Å². The summed E-state index contributed by atoms with van der Waals surface area (Å²) in [5.74, 6) is 0.895. The number of rotatable bonds is 5. The van der Waals surface area contributed by atoms with Gasteiger partial charge >= 0.3 is 0 Å². The molecule has 3 rings (SSSR count). The van der Waals surface area contributed by atoms with Crippen LogP contribution in [-0.2, 0) is 13.0 Å². The molecule has 22 heavy (non-hydrogen) atoms. The second kappa shape index (κ2) is 6.06. The Hall–Kier alpha value is -2.55. The van der Waals surface area contributed by atoms with Gasteiger partial charge in [0.2, 0.25) is 11.7 Å². The second-order valence-corrected chi connectivity index (χ2v) is 5.40. The van der Waals surface area contributed by atoms with Crippen molar-refractivity contribution in [2.75, 3.05) is 0 Å². The van der Waals surface area contributed by atoms with Gasteiger partial charge in [-0.15, -0.1) is 0 Å². The minimum Gasteiger partial charge on any atom is -0.339 e. The Bertz CT molecular complexity index is 796. The topological polar surface area (TPSA) is 99.9 Å². The fourth-order valence-corrected chi connectivity index (χ4v) is 2.20. The molecule has 0 fully saturated rings. The molecule has 0 aliphatic heterocycles. The molecule has 2 aromatic heterocycles. The van der Waals surface area contributed by atoms with Crippen LogP contribution in [0.3, 0.4) is 0 Å². The quantitative estimate of drug-likeness (QED) is 0.510. The molecule has 0 bridgehead atoms. The molecule has 112 valence electrons. The summed E-state index contributed by atoms with van der Waals surface area (Å²) in [5, 5.41) is 18.6. The summed E-state index contributed by atoms with van der Waals surface area (Å²) >= 11 is 3.33. The molecule has 2 heterocycles. The number of aryl methyl sites for hydroxylation is 2. The Balaban J connectivity index is 1.69. The van der Waals surface area contributed by atoms with E-state index in [4.69, 9.17) is 4.52 Å². The van der Waals surface area contributed by atoms with Crippen molar-refractivity contribution in [3.63, 3.8) is 0 Å². The molecule has 0 saturated carbocycles. The van der Waals surface area contributed by atoms with Crippen molar-refractivity contribution >= 4 is 21.6 Å². The first-order valence-corrected chi connectivity index (χ1v) is 7.16. The van der Waals surface area contributed by atoms with E-state index >= 15 is 0 Å². The molecule has 0 atom stereocenters. The summed E-state index contributed by atoms with van der Waals surface area (Å²) in [6.07, 6.45) is 4.11. The molecule has 8 nitrogen and oxygen atoms in total. The molecule has 9 heteroatoms. The predicted octanol–water partition coefficient (Wildman–Crippen LogP) is 2.85. The summed E-state index contributed by atoms with van der Waals surface area (Å²) in [7, 11) is 0. The summed E-state index contributed by atoms with van der Waals surface area (Å²) < 4.78 is 7.85. The Morgan fingerprint density at radius 2 is 2.09 bits per heavy atom. The van der Waals surface area contributed by atoms with E-state index in [2.05, 4.69) is 31.2 Å². The van der Waals surface area contributed by atoms with E-state index in [0.29, 0.717) is 30.2 Å². The third-order valence-electron chi connectivity index (χ3n) is 2.96. The number of halogens is 1. The maximum atomic E-state index is 10.6. The Labute approximate surface area is 133 Å². The highest BCUT2D eigenvalue weighted by Gasteiger charge is 2.11. The third-order valence-corrected chi connectivity index (χ3v) is 3.37. The third kappa shape index (κ3) is 3.19. The SMILES string of the molecule is O=[N+]([O-])c1ccc(-c2noc(CCn3cc(Br)cn3)n2)cc1. The maximum Gasteiger partial charge on any atom is 0.269 e. The number of hydrogen-bond acceptors (Lipinski definition) is 6. The van der Waals surface area contributed by atoms with E-state index in [1.54, 1.807) is 23.0 Å². The first-order chi connectivity index (χ1) is 10.6. The monoisotopic (exact) mass is 363 g/mol. The minimum atomic E-state index is -0.451. The molecule has 0 unspecified atom stereocenters. The lowest BCUT2D eigenvalue weighted by Crippen LogP contribution is -2.01. The van der Waals surface area contributed by atoms with Gasteiger partial charge in [-0.05, 0) is 28.1 Å². The van der Waals surface area contributed by atoms with Gasteiger partial charge in [0.1, 0.15) is 0 Å². The molecule has 0 aliphatic rings. The van der Waals surface area contributed by atoms with E-state index in [9.17, 15) is 10.1 Å². The average Bonchev–Trinajstić information content (AvgIpc) is 3.14. The molecular formula is C13H10BrN5O3. The van der Waals surface area contributed by atoms with Crippen LogP contribution in [-0.4, -0.2) is 24.8 Å². The van der Waals surface area contributed by atoms with E-state index in [-0.39, 0.29) is 5.69 Å². The van der Waals surface area contributed by atoms with E-state index < -0.39 is 4.92 Å². The van der Waals surface area contributed by atoms with E-state index in [1.807, 2.05) is 6.20 Å². The highest BCUT2D eigenvalue weighted by Crippen LogP contribution is 2.20. The van der Waals surface area contributed by atoms with Crippen molar-refractivity contribution in [1.82, 2.24) is 19.9 Å². The number of nitro groups is 1. The zero-order valence-corrected chi connectivity index (χ0v) is 12.8. The Kier molecular flexibility index (Phi) is 3.96. The summed E-state index contributed by atoms with van der Waals surface area (Å²) in [6, 6.07) is 6.01. The molecule has 1 aromatic carbocycles. The van der Waals surface area contributed by atoms with Crippen molar-refractivity contribution in [1.29, 1.82) is 0 Å². The number of benzene rings is 1. The fourth-order valence-electron chi connectivity index (χ4n) is 1.88. The van der Waals surface area contributed by atoms with Gasteiger partial charge in [0.15, 0.2) is 0 Å². The predicted molar refractivity (Wildman–Crippen MR) is 80.0 cm³/mol. The lowest BCUT2D eigenvalue weighted by Gasteiger charge is -1.96. The Morgan fingerprint density at radius 1 is 1.32 bits per heavy atom. The van der Waals surface area contributed by atoms with E-state index in [1.165, 1.54) is 12.1 Å². The number of non-ortho nitro benzene ring substituents is 1. The summed E-state index contributed by atoms with van der Waals surface area (Å²) in [6.45, 7) is 0.619. The lowest BCUT2D eigenvalue weighted by molar-refractivity contribution is -0.384. The summed E-state index contributed by atoms with van der Waals surface area (Å²) in [5.41, 5.74) is 0.694. The molecule has 3 aromatic rings. The van der Waals surface area contributed by atoms with Gasteiger partial charge in [0, 0.05) is 36.9 Å². The average molecular weight is 364 g/mol. The zero-order chi connectivity index (χ0) is 15.5. The van der Waals surface area contributed by atoms with Crippen LogP contribution in [0.2, 0.25) is 0 Å². The number of hydrogen-bond donors (Lipinski definition) is 0. The van der Waals surface area contributed by atoms with E-state index in [0.717, 1.165) is 4.47 Å². The maximum absolute atomic E-state index is 10.6. The van der Waals surface area contributed by atoms with Crippen LogP contribution in [0.25, 0.3) is 11.4 Å². The minimum absolute atomic E-state index is 0.0247. The van der Waals surface area contributed by atoms with Crippen LogP contribution >= 0.6 is 15.9 Å². The molecule has 0 saturated heterocycles. The fraction of sp³-hybridized carbons (Fsp3) is 0.154. The number of nitrogens with zero attached hydrogens (tertiary/aromatic N) is 5. The van der Waals surface area contributed by atoms with Gasteiger partial charge in [-0.2, -0.15) is 10.1 Å². The molecule has 0 spiro atoms. The highest BCUT2D eigenvalue weighted by atomic mass is 79.9. The van der Waals surface area contributed by atoms with Crippen molar-refractivity contribution in [3.05, 3.63) is 57.1 Å². The van der Waals surface area contributed by atoms with Crippen molar-refractivity contribution in [2.45, 2.75) is 13.0 Å². The second-order valence-electron chi connectivity index (χ2n) is 4.49. The van der Waals surface area contributed by atoms with Crippen molar-refractivity contribution in [2.24, 2.45) is 0 Å². The first-order valence-electron chi connectivity index (χ1n) is 6.37. The Morgan fingerprint density at radius 3 is 2.73 bits per heavy atom. The van der Waals surface area contributed by atoms with Crippen molar-refractivity contribution < 1.29 is 9.45 Å². The van der Waals surface area contributed by atoms with Crippen LogP contribution in [0.4, 0.5) is 5.69 Å². The van der Waals surface area contributed by atoms with Gasteiger partial charge in [-0.1, -0.05) is 5.16 Å². The molecule has 0 N–H and O–H groups in total. The largest absolute Gasteiger partial charge is 0.339 e. The van der Waals surface area contributed by atoms with Crippen LogP contribution in [0.5, 0.6) is 0 Å². The lowest BCUT2D eigenvalue weighted by atomic mass is 10.2. The molecule has 0 radical (unpaired) electrons. The van der Waals surface area contributed by atoms with Crippen molar-refractivity contribution in [3.8, 4) is 11.4 Å². The smallest absolute Gasteiger partial charge is 0.269 e. The standard InChI is InChI=1S/C13H10BrN5O3/c14-10-7-15-18(8-10)6-5-12-16-13(17-22-12)9-1-3-11(4-2-9)19(20)21/h1-4,7-8H,5-6H2. The zero-order valence-electron chi connectivity index (χ0n) is 11.2. The van der Waals surface area contributed by atoms with Gasteiger partial charge < -0.3 is 4.52 Å². The van der Waals surface area contributed by atoms with Gasteiger partial charge in [0.25, 0.3) is 5.69 Å². The molecule has 0 amide bonds. The molecular weight excluding hydrogens is 354 g/mol. The number of aromatic nitrogens is 4. The van der Waals surface area contributed by atoms with Crippen LogP contribution < -0.4 is 0 Å². The molecule has 0 aliphatic carbocycles. The first kappa shape index (κ1) is 14.4. The highest BCUT2D eigenvalue weighted by molar-refractivity contribution is 9.10. The normalized spacial score (nSPS) is 10.8. The van der Waals surface area contributed by atoms with Crippen LogP contribution in [0.15, 0.2) is 45.7 Å². The van der Waals surface area contributed by atoms with Crippen LogP contribution in [0.1, 0.15) is 5.89 Å². The number of nitro benzene ring substituents is 1. The summed E-state index contributed by atoms with van der Waals surface area (Å²) in [4.78, 5) is 14.4.